The van der Waals surface area contributed by atoms with Gasteiger partial charge in [-0.1, -0.05) is 66.6 Å². The van der Waals surface area contributed by atoms with E-state index in [1.807, 2.05) is 0 Å². The summed E-state index contributed by atoms with van der Waals surface area (Å²) in [5.41, 5.74) is 7.74. The van der Waals surface area contributed by atoms with Gasteiger partial charge >= 0.3 is 0 Å². The quantitative estimate of drug-likeness (QED) is 0.740. The first kappa shape index (κ1) is 15.7. The van der Waals surface area contributed by atoms with Crippen molar-refractivity contribution in [1.29, 1.82) is 0 Å². The highest BCUT2D eigenvalue weighted by atomic mass is 15.1. The Hall–Kier alpha value is -1.86. The van der Waals surface area contributed by atoms with Gasteiger partial charge in [-0.2, -0.15) is 0 Å². The van der Waals surface area contributed by atoms with Crippen LogP contribution in [-0.4, -0.2) is 24.5 Å². The molecule has 0 unspecified atom stereocenters. The minimum Gasteiger partial charge on any atom is -0.303 e. The molecule has 1 nitrogen and oxygen atoms in total. The second kappa shape index (κ2) is 7.36. The molecular weight excluding hydrogens is 290 g/mol. The van der Waals surface area contributed by atoms with E-state index in [0.717, 1.165) is 12.8 Å². The van der Waals surface area contributed by atoms with E-state index in [2.05, 4.69) is 59.5 Å². The Labute approximate surface area is 146 Å². The number of fused-ring (bicyclic) bond motifs is 1. The first-order valence-electron chi connectivity index (χ1n) is 9.45. The zero-order chi connectivity index (χ0) is 16.2. The average Bonchev–Trinajstić information content (AvgIpc) is 2.99. The van der Waals surface area contributed by atoms with Gasteiger partial charge in [0.15, 0.2) is 0 Å². The van der Waals surface area contributed by atoms with Crippen molar-refractivity contribution < 1.29 is 0 Å². The molecule has 4 rings (SSSR count). The first-order valence-corrected chi connectivity index (χ1v) is 9.45. The zero-order valence-corrected chi connectivity index (χ0v) is 14.5. The predicted octanol–water partition coefficient (Wildman–Crippen LogP) is 5.12. The van der Waals surface area contributed by atoms with E-state index in [1.165, 1.54) is 62.0 Å². The molecule has 1 heterocycles. The normalized spacial score (nSPS) is 18.0. The Morgan fingerprint density at radius 1 is 0.792 bits per heavy atom. The topological polar surface area (TPSA) is 3.24 Å². The zero-order valence-electron chi connectivity index (χ0n) is 14.5. The fraction of sp³-hybridized carbons (Fsp3) is 0.391. The lowest BCUT2D eigenvalue weighted by Gasteiger charge is -2.26. The Morgan fingerprint density at radius 2 is 1.54 bits per heavy atom. The van der Waals surface area contributed by atoms with E-state index >= 15 is 0 Å². The highest BCUT2D eigenvalue weighted by Gasteiger charge is 2.22. The lowest BCUT2D eigenvalue weighted by atomic mass is 9.98. The van der Waals surface area contributed by atoms with Crippen LogP contribution < -0.4 is 0 Å². The third-order valence-corrected chi connectivity index (χ3v) is 5.56. The highest BCUT2D eigenvalue weighted by Crippen LogP contribution is 2.36. The fourth-order valence-electron chi connectivity index (χ4n) is 4.27. The molecule has 1 saturated heterocycles. The molecular formula is C23H27N. The molecule has 1 fully saturated rings. The molecule has 0 N–H and O–H groups in total. The number of allylic oxidation sites excluding steroid dienone is 1. The van der Waals surface area contributed by atoms with Crippen molar-refractivity contribution in [3.63, 3.8) is 0 Å². The van der Waals surface area contributed by atoms with Gasteiger partial charge in [-0.3, -0.25) is 0 Å². The van der Waals surface area contributed by atoms with Crippen LogP contribution in [0.3, 0.4) is 0 Å². The van der Waals surface area contributed by atoms with E-state index in [4.69, 9.17) is 0 Å². The molecule has 124 valence electrons. The van der Waals surface area contributed by atoms with Gasteiger partial charge in [0.2, 0.25) is 0 Å². The van der Waals surface area contributed by atoms with Gasteiger partial charge < -0.3 is 4.90 Å². The molecule has 0 aromatic heterocycles. The summed E-state index contributed by atoms with van der Waals surface area (Å²) in [5.74, 6) is 0. The Balaban J connectivity index is 1.55. The third-order valence-electron chi connectivity index (χ3n) is 5.56. The number of piperidine rings is 1. The van der Waals surface area contributed by atoms with Crippen LogP contribution in [0.25, 0.3) is 5.57 Å². The first-order chi connectivity index (χ1) is 11.9. The summed E-state index contributed by atoms with van der Waals surface area (Å²) in [7, 11) is 0. The van der Waals surface area contributed by atoms with Gasteiger partial charge in [-0.25, -0.2) is 0 Å². The molecule has 2 aromatic carbocycles. The monoisotopic (exact) mass is 317 g/mol. The Morgan fingerprint density at radius 3 is 2.38 bits per heavy atom. The predicted molar refractivity (Wildman–Crippen MR) is 102 cm³/mol. The van der Waals surface area contributed by atoms with Gasteiger partial charge in [-0.15, -0.1) is 0 Å². The van der Waals surface area contributed by atoms with Crippen molar-refractivity contribution in [3.05, 3.63) is 76.9 Å². The van der Waals surface area contributed by atoms with Crippen LogP contribution in [0.2, 0.25) is 0 Å². The standard InChI is InChI=1S/C23H27N/c1-3-9-19(10-4-1)17-21-18-20-11-5-6-12-22(20)23(21)13-16-24-14-7-2-8-15-24/h1,3-6,9-12H,2,7-8,13-18H2. The average molecular weight is 317 g/mol. The van der Waals surface area contributed by atoms with Gasteiger partial charge in [0, 0.05) is 6.54 Å². The lowest BCUT2D eigenvalue weighted by Crippen LogP contribution is -2.30. The second-order valence-corrected chi connectivity index (χ2v) is 7.23. The van der Waals surface area contributed by atoms with Crippen molar-refractivity contribution in [1.82, 2.24) is 4.90 Å². The summed E-state index contributed by atoms with van der Waals surface area (Å²) in [4.78, 5) is 2.66. The van der Waals surface area contributed by atoms with Gasteiger partial charge in [0.25, 0.3) is 0 Å². The van der Waals surface area contributed by atoms with E-state index in [1.54, 1.807) is 11.1 Å². The van der Waals surface area contributed by atoms with Crippen molar-refractivity contribution in [3.8, 4) is 0 Å². The van der Waals surface area contributed by atoms with E-state index in [-0.39, 0.29) is 0 Å². The Bertz CT molecular complexity index is 708. The van der Waals surface area contributed by atoms with Crippen molar-refractivity contribution in [2.45, 2.75) is 38.5 Å². The maximum absolute atomic E-state index is 2.66. The second-order valence-electron chi connectivity index (χ2n) is 7.23. The van der Waals surface area contributed by atoms with E-state index in [9.17, 15) is 0 Å². The number of benzene rings is 2. The van der Waals surface area contributed by atoms with Crippen LogP contribution in [0, 0.1) is 0 Å². The third kappa shape index (κ3) is 3.47. The molecule has 1 heteroatoms. The highest BCUT2D eigenvalue weighted by molar-refractivity contribution is 5.77. The molecule has 1 aliphatic heterocycles. The smallest absolute Gasteiger partial charge is 0.00220 e. The maximum atomic E-state index is 2.66. The van der Waals surface area contributed by atoms with Gasteiger partial charge in [-0.05, 0) is 67.5 Å². The summed E-state index contributed by atoms with van der Waals surface area (Å²) >= 11 is 0. The number of hydrogen-bond acceptors (Lipinski definition) is 1. The number of likely N-dealkylation sites (tertiary alicyclic amines) is 1. The van der Waals surface area contributed by atoms with Crippen molar-refractivity contribution in [2.75, 3.05) is 19.6 Å². The van der Waals surface area contributed by atoms with Crippen molar-refractivity contribution in [2.24, 2.45) is 0 Å². The summed E-state index contributed by atoms with van der Waals surface area (Å²) in [6.45, 7) is 3.81. The van der Waals surface area contributed by atoms with Gasteiger partial charge in [0.05, 0.1) is 0 Å². The SMILES string of the molecule is c1ccc(CC2=C(CCN3CCCCC3)c3ccccc3C2)cc1. The number of rotatable bonds is 5. The minimum absolute atomic E-state index is 1.10. The molecule has 1 aliphatic carbocycles. The molecule has 0 spiro atoms. The molecule has 0 atom stereocenters. The molecule has 0 amide bonds. The van der Waals surface area contributed by atoms with Crippen LogP contribution in [-0.2, 0) is 12.8 Å². The molecule has 0 saturated carbocycles. The molecule has 0 bridgehead atoms. The summed E-state index contributed by atoms with van der Waals surface area (Å²) in [6, 6.07) is 20.0. The number of nitrogens with zero attached hydrogens (tertiary/aromatic N) is 1. The molecule has 24 heavy (non-hydrogen) atoms. The fourth-order valence-corrected chi connectivity index (χ4v) is 4.27. The van der Waals surface area contributed by atoms with Gasteiger partial charge in [0.1, 0.15) is 0 Å². The largest absolute Gasteiger partial charge is 0.303 e. The minimum atomic E-state index is 1.10. The molecule has 0 radical (unpaired) electrons. The van der Waals surface area contributed by atoms with Crippen LogP contribution >= 0.6 is 0 Å². The number of hydrogen-bond donors (Lipinski definition) is 0. The van der Waals surface area contributed by atoms with Crippen molar-refractivity contribution >= 4 is 5.57 Å². The Kier molecular flexibility index (Phi) is 4.80. The lowest BCUT2D eigenvalue weighted by molar-refractivity contribution is 0.234. The van der Waals surface area contributed by atoms with Crippen LogP contribution in [0.1, 0.15) is 42.4 Å². The summed E-state index contributed by atoms with van der Waals surface area (Å²) < 4.78 is 0. The summed E-state index contributed by atoms with van der Waals surface area (Å²) in [6.07, 6.45) is 7.63. The van der Waals surface area contributed by atoms with Crippen LogP contribution in [0.15, 0.2) is 60.2 Å². The molecule has 2 aromatic rings. The van der Waals surface area contributed by atoms with E-state index in [0.29, 0.717) is 0 Å². The van der Waals surface area contributed by atoms with Crippen LogP contribution in [0.5, 0.6) is 0 Å². The van der Waals surface area contributed by atoms with Crippen LogP contribution in [0.4, 0.5) is 0 Å². The summed E-state index contributed by atoms with van der Waals surface area (Å²) in [5, 5.41) is 0. The van der Waals surface area contributed by atoms with E-state index < -0.39 is 0 Å². The molecule has 2 aliphatic rings. The maximum Gasteiger partial charge on any atom is 0.00220 e.